The van der Waals surface area contributed by atoms with Crippen LogP contribution in [0.15, 0.2) is 0 Å². The number of methoxy groups -OCH3 is 1. The van der Waals surface area contributed by atoms with Gasteiger partial charge in [0.2, 0.25) is 5.91 Å². The summed E-state index contributed by atoms with van der Waals surface area (Å²) in [5.74, 6) is 0.0478. The van der Waals surface area contributed by atoms with E-state index in [4.69, 9.17) is 9.47 Å². The van der Waals surface area contributed by atoms with Crippen LogP contribution < -0.4 is 0 Å². The first-order chi connectivity index (χ1) is 7.65. The van der Waals surface area contributed by atoms with Gasteiger partial charge in [-0.3, -0.25) is 4.79 Å². The van der Waals surface area contributed by atoms with E-state index >= 15 is 0 Å². The molecule has 4 heteroatoms. The van der Waals surface area contributed by atoms with Crippen molar-refractivity contribution in [1.82, 2.24) is 4.90 Å². The van der Waals surface area contributed by atoms with Crippen LogP contribution in [0, 0.1) is 0 Å². The second-order valence-electron chi connectivity index (χ2n) is 4.56. The van der Waals surface area contributed by atoms with Crippen molar-refractivity contribution in [3.05, 3.63) is 0 Å². The Labute approximate surface area is 97.9 Å². The summed E-state index contributed by atoms with van der Waals surface area (Å²) in [5, 5.41) is 0. The fraction of sp³-hybridized carbons (Fsp3) is 0.917. The van der Waals surface area contributed by atoms with Gasteiger partial charge in [-0.15, -0.1) is 0 Å². The van der Waals surface area contributed by atoms with Gasteiger partial charge in [0.15, 0.2) is 0 Å². The maximum Gasteiger partial charge on any atom is 0.248 e. The van der Waals surface area contributed by atoms with E-state index in [0.717, 1.165) is 19.4 Å². The first kappa shape index (κ1) is 13.5. The van der Waals surface area contributed by atoms with Crippen molar-refractivity contribution in [2.75, 3.05) is 26.9 Å². The minimum absolute atomic E-state index is 0.0478. The lowest BCUT2D eigenvalue weighted by atomic mass is 10.1. The van der Waals surface area contributed by atoms with Crippen LogP contribution in [0.3, 0.4) is 0 Å². The predicted octanol–water partition coefficient (Wildman–Crippen LogP) is 1.44. The minimum atomic E-state index is 0.0478. The number of hydrogen-bond acceptors (Lipinski definition) is 3. The molecule has 16 heavy (non-hydrogen) atoms. The Kier molecular flexibility index (Phi) is 5.77. The molecule has 0 aromatic heterocycles. The average Bonchev–Trinajstić information content (AvgIpc) is 2.27. The van der Waals surface area contributed by atoms with Crippen molar-refractivity contribution < 1.29 is 14.3 Å². The van der Waals surface area contributed by atoms with Gasteiger partial charge in [0, 0.05) is 26.3 Å². The zero-order valence-electron chi connectivity index (χ0n) is 10.6. The number of carbonyl (C=O) groups is 1. The van der Waals surface area contributed by atoms with E-state index in [1.165, 1.54) is 6.42 Å². The largest absolute Gasteiger partial charge is 0.376 e. The number of nitrogens with zero attached hydrogens (tertiary/aromatic N) is 1. The molecule has 0 aliphatic carbocycles. The van der Waals surface area contributed by atoms with Gasteiger partial charge in [-0.1, -0.05) is 0 Å². The monoisotopic (exact) mass is 229 g/mol. The fourth-order valence-electron chi connectivity index (χ4n) is 1.98. The zero-order chi connectivity index (χ0) is 12.0. The average molecular weight is 229 g/mol. The normalized spacial score (nSPS) is 21.1. The van der Waals surface area contributed by atoms with Crippen LogP contribution in [0.2, 0.25) is 0 Å². The molecule has 0 bridgehead atoms. The molecule has 0 aromatic rings. The Hall–Kier alpha value is -0.610. The first-order valence-electron chi connectivity index (χ1n) is 6.05. The van der Waals surface area contributed by atoms with Gasteiger partial charge in [0.05, 0.1) is 6.10 Å². The van der Waals surface area contributed by atoms with Gasteiger partial charge in [0.1, 0.15) is 6.61 Å². The van der Waals surface area contributed by atoms with E-state index in [-0.39, 0.29) is 24.7 Å². The molecule has 1 aliphatic heterocycles. The molecule has 1 unspecified atom stereocenters. The summed E-state index contributed by atoms with van der Waals surface area (Å²) >= 11 is 0. The third-order valence-corrected chi connectivity index (χ3v) is 2.89. The molecule has 94 valence electrons. The topological polar surface area (TPSA) is 38.8 Å². The zero-order valence-corrected chi connectivity index (χ0v) is 10.6. The van der Waals surface area contributed by atoms with E-state index in [9.17, 15) is 4.79 Å². The molecule has 0 aromatic carbocycles. The van der Waals surface area contributed by atoms with Crippen molar-refractivity contribution in [1.29, 1.82) is 0 Å². The molecular formula is C12H23NO3. The highest BCUT2D eigenvalue weighted by atomic mass is 16.5. The maximum atomic E-state index is 11.8. The molecule has 1 rings (SSSR count). The van der Waals surface area contributed by atoms with Crippen LogP contribution in [-0.2, 0) is 14.3 Å². The van der Waals surface area contributed by atoms with Crippen LogP contribution in [0.1, 0.15) is 33.1 Å². The summed E-state index contributed by atoms with van der Waals surface area (Å²) in [6.07, 6.45) is 3.61. The van der Waals surface area contributed by atoms with Gasteiger partial charge in [0.25, 0.3) is 0 Å². The molecule has 1 fully saturated rings. The molecule has 1 aliphatic rings. The lowest BCUT2D eigenvalue weighted by Crippen LogP contribution is -2.45. The number of carbonyl (C=O) groups excluding carboxylic acids is 1. The summed E-state index contributed by atoms with van der Waals surface area (Å²) in [7, 11) is 1.55. The molecule has 4 nitrogen and oxygen atoms in total. The standard InChI is InChI=1S/C12H23NO3/c1-10(2)13(12(14)9-15-3)8-11-6-4-5-7-16-11/h10-11H,4-9H2,1-3H3. The smallest absolute Gasteiger partial charge is 0.248 e. The van der Waals surface area contributed by atoms with Crippen LogP contribution in [0.25, 0.3) is 0 Å². The third kappa shape index (κ3) is 4.10. The minimum Gasteiger partial charge on any atom is -0.376 e. The summed E-state index contributed by atoms with van der Waals surface area (Å²) in [6.45, 7) is 5.73. The summed E-state index contributed by atoms with van der Waals surface area (Å²) in [5.41, 5.74) is 0. The molecule has 1 heterocycles. The predicted molar refractivity (Wildman–Crippen MR) is 62.3 cm³/mol. The fourth-order valence-corrected chi connectivity index (χ4v) is 1.98. The van der Waals surface area contributed by atoms with Gasteiger partial charge >= 0.3 is 0 Å². The molecule has 1 amide bonds. The maximum absolute atomic E-state index is 11.8. The highest BCUT2D eigenvalue weighted by Gasteiger charge is 2.23. The summed E-state index contributed by atoms with van der Waals surface area (Å²) in [6, 6.07) is 0.202. The molecule has 1 atom stereocenters. The molecule has 0 spiro atoms. The SMILES string of the molecule is COCC(=O)N(CC1CCCCO1)C(C)C. The van der Waals surface area contributed by atoms with E-state index in [2.05, 4.69) is 0 Å². The molecular weight excluding hydrogens is 206 g/mol. The second kappa shape index (κ2) is 6.86. The van der Waals surface area contributed by atoms with Gasteiger partial charge in [-0.25, -0.2) is 0 Å². The van der Waals surface area contributed by atoms with Crippen LogP contribution in [0.4, 0.5) is 0 Å². The lowest BCUT2D eigenvalue weighted by molar-refractivity contribution is -0.139. The van der Waals surface area contributed by atoms with Crippen molar-refractivity contribution in [2.45, 2.75) is 45.3 Å². The van der Waals surface area contributed by atoms with Gasteiger partial charge in [-0.05, 0) is 33.1 Å². The van der Waals surface area contributed by atoms with E-state index < -0.39 is 0 Å². The molecule has 0 N–H and O–H groups in total. The van der Waals surface area contributed by atoms with Crippen molar-refractivity contribution in [3.8, 4) is 0 Å². The van der Waals surface area contributed by atoms with Gasteiger partial charge in [-0.2, -0.15) is 0 Å². The summed E-state index contributed by atoms with van der Waals surface area (Å²) in [4.78, 5) is 13.7. The van der Waals surface area contributed by atoms with E-state index in [0.29, 0.717) is 6.54 Å². The van der Waals surface area contributed by atoms with E-state index in [1.807, 2.05) is 18.7 Å². The van der Waals surface area contributed by atoms with Crippen LogP contribution in [-0.4, -0.2) is 49.8 Å². The lowest BCUT2D eigenvalue weighted by Gasteiger charge is -2.32. The highest BCUT2D eigenvalue weighted by molar-refractivity contribution is 5.77. The quantitative estimate of drug-likeness (QED) is 0.716. The summed E-state index contributed by atoms with van der Waals surface area (Å²) < 4.78 is 10.5. The number of rotatable bonds is 5. The first-order valence-corrected chi connectivity index (χ1v) is 6.05. The van der Waals surface area contributed by atoms with E-state index in [1.54, 1.807) is 7.11 Å². The third-order valence-electron chi connectivity index (χ3n) is 2.89. The van der Waals surface area contributed by atoms with Gasteiger partial charge < -0.3 is 14.4 Å². The molecule has 0 saturated carbocycles. The van der Waals surface area contributed by atoms with Crippen molar-refractivity contribution in [3.63, 3.8) is 0 Å². The van der Waals surface area contributed by atoms with Crippen LogP contribution >= 0.6 is 0 Å². The Bertz CT molecular complexity index is 212. The van der Waals surface area contributed by atoms with Crippen LogP contribution in [0.5, 0.6) is 0 Å². The number of ether oxygens (including phenoxy) is 2. The Morgan fingerprint density at radius 2 is 2.25 bits per heavy atom. The Balaban J connectivity index is 2.46. The number of hydrogen-bond donors (Lipinski definition) is 0. The molecule has 0 radical (unpaired) electrons. The highest BCUT2D eigenvalue weighted by Crippen LogP contribution is 2.15. The second-order valence-corrected chi connectivity index (χ2v) is 4.56. The Morgan fingerprint density at radius 1 is 1.50 bits per heavy atom. The number of amides is 1. The van der Waals surface area contributed by atoms with Crippen molar-refractivity contribution in [2.24, 2.45) is 0 Å². The molecule has 1 saturated heterocycles. The van der Waals surface area contributed by atoms with Crippen molar-refractivity contribution >= 4 is 5.91 Å². The Morgan fingerprint density at radius 3 is 2.75 bits per heavy atom.